The first-order valence-corrected chi connectivity index (χ1v) is 10.8. The van der Waals surface area contributed by atoms with E-state index < -0.39 is 4.65 Å². The number of aromatic nitrogens is 1. The number of amides is 1. The van der Waals surface area contributed by atoms with E-state index in [1.54, 1.807) is 14.1 Å². The van der Waals surface area contributed by atoms with E-state index in [0.717, 1.165) is 28.5 Å². The number of carbonyl (C=O) groups excluding carboxylic acids is 1. The Hall–Kier alpha value is -3.54. The van der Waals surface area contributed by atoms with Gasteiger partial charge in [0.2, 0.25) is 0 Å². The number of carbonyl (C=O) groups is 1. The summed E-state index contributed by atoms with van der Waals surface area (Å²) in [5.74, 6) is -0.180. The number of para-hydroxylation sites is 1. The van der Waals surface area contributed by atoms with Crippen LogP contribution in [0.4, 0.5) is 0 Å². The maximum atomic E-state index is 13.5. The van der Waals surface area contributed by atoms with Crippen LogP contribution in [0.5, 0.6) is 0 Å². The molecule has 0 saturated heterocycles. The van der Waals surface area contributed by atoms with Crippen LogP contribution in [0, 0.1) is 5.21 Å². The van der Waals surface area contributed by atoms with Gasteiger partial charge in [-0.1, -0.05) is 78.9 Å². The normalized spacial score (nSPS) is 11.5. The van der Waals surface area contributed by atoms with Gasteiger partial charge >= 0.3 is 0 Å². The molecule has 5 heteroatoms. The molecule has 1 heterocycles. The van der Waals surface area contributed by atoms with Gasteiger partial charge in [0.15, 0.2) is 0 Å². The first-order chi connectivity index (χ1) is 15.4. The fraction of sp³-hybridized carbons (Fsp3) is 0.185. The molecule has 32 heavy (non-hydrogen) atoms. The van der Waals surface area contributed by atoms with E-state index in [1.807, 2.05) is 84.9 Å². The number of hydrogen-bond donors (Lipinski definition) is 1. The summed E-state index contributed by atoms with van der Waals surface area (Å²) < 4.78 is -0.551. The zero-order valence-electron chi connectivity index (χ0n) is 18.4. The van der Waals surface area contributed by atoms with Gasteiger partial charge in [-0.15, -0.1) is 0 Å². The fourth-order valence-electron chi connectivity index (χ4n) is 3.93. The quantitative estimate of drug-likeness (QED) is 0.337. The lowest BCUT2D eigenvalue weighted by atomic mass is 9.95. The summed E-state index contributed by atoms with van der Waals surface area (Å²) in [7, 11) is 3.17. The summed E-state index contributed by atoms with van der Waals surface area (Å²) >= 11 is 0. The van der Waals surface area contributed by atoms with Gasteiger partial charge in [-0.2, -0.15) is 0 Å². The second kappa shape index (κ2) is 9.30. The number of nitrogens with zero attached hydrogens (tertiary/aromatic N) is 2. The smallest absolute Gasteiger partial charge is 0.252 e. The Bertz CT molecular complexity index is 1220. The van der Waals surface area contributed by atoms with E-state index in [2.05, 4.69) is 5.32 Å². The minimum Gasteiger partial charge on any atom is -0.633 e. The molecule has 3 aromatic carbocycles. The summed E-state index contributed by atoms with van der Waals surface area (Å²) in [6.45, 7) is 0.652. The Labute approximate surface area is 188 Å². The molecule has 0 aliphatic rings. The molecular formula is C27H27N3O2. The van der Waals surface area contributed by atoms with Crippen molar-refractivity contribution in [2.45, 2.75) is 13.0 Å². The van der Waals surface area contributed by atoms with Crippen LogP contribution < -0.4 is 5.32 Å². The highest BCUT2D eigenvalue weighted by molar-refractivity contribution is 6.09. The van der Waals surface area contributed by atoms with Crippen molar-refractivity contribution in [1.29, 1.82) is 0 Å². The van der Waals surface area contributed by atoms with Gasteiger partial charge in [-0.3, -0.25) is 4.79 Å². The molecule has 4 aromatic rings. The number of hydrogen-bond acceptors (Lipinski definition) is 3. The van der Waals surface area contributed by atoms with Crippen LogP contribution in [0.3, 0.4) is 0 Å². The van der Waals surface area contributed by atoms with Crippen molar-refractivity contribution in [1.82, 2.24) is 10.3 Å². The van der Waals surface area contributed by atoms with Gasteiger partial charge in [0.05, 0.1) is 30.9 Å². The van der Waals surface area contributed by atoms with Crippen LogP contribution in [-0.2, 0) is 13.0 Å². The largest absolute Gasteiger partial charge is 0.633 e. The fourth-order valence-corrected chi connectivity index (χ4v) is 3.93. The van der Waals surface area contributed by atoms with E-state index in [1.165, 1.54) is 0 Å². The molecule has 0 aliphatic heterocycles. The van der Waals surface area contributed by atoms with Crippen molar-refractivity contribution in [3.05, 3.63) is 107 Å². The first kappa shape index (κ1) is 21.7. The predicted molar refractivity (Wildman–Crippen MR) is 129 cm³/mol. The number of fused-ring (bicyclic) bond motifs is 1. The molecule has 1 amide bonds. The number of benzene rings is 3. The number of hydroxylamine groups is 3. The third-order valence-electron chi connectivity index (χ3n) is 5.35. The number of nitrogens with one attached hydrogen (secondary N) is 1. The molecule has 0 aliphatic carbocycles. The number of rotatable bonds is 7. The highest BCUT2D eigenvalue weighted by atomic mass is 16.5. The lowest BCUT2D eigenvalue weighted by molar-refractivity contribution is -0.853. The summed E-state index contributed by atoms with van der Waals surface area (Å²) in [6.07, 6.45) is 0.736. The van der Waals surface area contributed by atoms with Crippen LogP contribution in [0.1, 0.15) is 21.5 Å². The number of pyridine rings is 1. The van der Waals surface area contributed by atoms with Gasteiger partial charge in [0, 0.05) is 23.1 Å². The van der Waals surface area contributed by atoms with Gasteiger partial charge in [0.25, 0.3) is 5.91 Å². The molecule has 5 nitrogen and oxygen atoms in total. The van der Waals surface area contributed by atoms with Crippen molar-refractivity contribution >= 4 is 16.8 Å². The Kier molecular flexibility index (Phi) is 6.30. The molecule has 162 valence electrons. The monoisotopic (exact) mass is 425 g/mol. The highest BCUT2D eigenvalue weighted by Crippen LogP contribution is 2.32. The highest BCUT2D eigenvalue weighted by Gasteiger charge is 2.24. The van der Waals surface area contributed by atoms with Gasteiger partial charge in [-0.05, 0) is 18.1 Å². The zero-order chi connectivity index (χ0) is 22.6. The maximum absolute atomic E-state index is 13.5. The van der Waals surface area contributed by atoms with Crippen molar-refractivity contribution in [3.8, 4) is 11.3 Å². The SMILES string of the molecule is C[N+](C)([O-])Cc1c(-c2ccccc2)nc2ccccc2c1C(=O)NCCc1ccccc1. The van der Waals surface area contributed by atoms with E-state index in [-0.39, 0.29) is 12.5 Å². The molecule has 1 N–H and O–H groups in total. The molecule has 0 atom stereocenters. The van der Waals surface area contributed by atoms with E-state index >= 15 is 0 Å². The van der Waals surface area contributed by atoms with Crippen LogP contribution in [0.15, 0.2) is 84.9 Å². The molecule has 0 saturated carbocycles. The molecule has 0 fully saturated rings. The molecular weight excluding hydrogens is 398 g/mol. The van der Waals surface area contributed by atoms with E-state index in [0.29, 0.717) is 23.4 Å². The molecule has 1 aromatic heterocycles. The van der Waals surface area contributed by atoms with Crippen LogP contribution in [0.2, 0.25) is 0 Å². The molecule has 4 rings (SSSR count). The zero-order valence-corrected chi connectivity index (χ0v) is 18.4. The Morgan fingerprint density at radius 1 is 0.906 bits per heavy atom. The van der Waals surface area contributed by atoms with Crippen molar-refractivity contribution < 1.29 is 9.44 Å². The van der Waals surface area contributed by atoms with Crippen molar-refractivity contribution in [2.75, 3.05) is 20.6 Å². The molecule has 0 spiro atoms. The van der Waals surface area contributed by atoms with Crippen LogP contribution in [-0.4, -0.2) is 36.2 Å². The van der Waals surface area contributed by atoms with Gasteiger partial charge in [0.1, 0.15) is 6.54 Å². The molecule has 0 radical (unpaired) electrons. The van der Waals surface area contributed by atoms with E-state index in [4.69, 9.17) is 4.98 Å². The van der Waals surface area contributed by atoms with Crippen LogP contribution in [0.25, 0.3) is 22.2 Å². The summed E-state index contributed by atoms with van der Waals surface area (Å²) in [6, 6.07) is 27.4. The van der Waals surface area contributed by atoms with Gasteiger partial charge < -0.3 is 15.2 Å². The first-order valence-electron chi connectivity index (χ1n) is 10.8. The Morgan fingerprint density at radius 2 is 1.53 bits per heavy atom. The average Bonchev–Trinajstić information content (AvgIpc) is 2.79. The topological polar surface area (TPSA) is 65.0 Å². The summed E-state index contributed by atoms with van der Waals surface area (Å²) in [5.41, 5.74) is 4.67. The predicted octanol–water partition coefficient (Wildman–Crippen LogP) is 4.95. The minimum absolute atomic E-state index is 0.142. The lowest BCUT2D eigenvalue weighted by Gasteiger charge is -2.35. The lowest BCUT2D eigenvalue weighted by Crippen LogP contribution is -2.34. The minimum atomic E-state index is -0.551. The molecule has 0 unspecified atom stereocenters. The maximum Gasteiger partial charge on any atom is 0.252 e. The summed E-state index contributed by atoms with van der Waals surface area (Å²) in [5, 5.41) is 16.6. The Morgan fingerprint density at radius 3 is 2.22 bits per heavy atom. The second-order valence-electron chi connectivity index (χ2n) is 8.42. The van der Waals surface area contributed by atoms with Crippen molar-refractivity contribution in [2.24, 2.45) is 0 Å². The third kappa shape index (κ3) is 5.02. The van der Waals surface area contributed by atoms with Crippen LogP contribution >= 0.6 is 0 Å². The average molecular weight is 426 g/mol. The Balaban J connectivity index is 1.79. The second-order valence-corrected chi connectivity index (χ2v) is 8.42. The van der Waals surface area contributed by atoms with Crippen molar-refractivity contribution in [3.63, 3.8) is 0 Å². The summed E-state index contributed by atoms with van der Waals surface area (Å²) in [4.78, 5) is 18.4. The third-order valence-corrected chi connectivity index (χ3v) is 5.35. The molecule has 0 bridgehead atoms. The number of quaternary nitrogens is 1. The van der Waals surface area contributed by atoms with E-state index in [9.17, 15) is 10.0 Å². The standard InChI is InChI=1S/C27H27N3O2/c1-30(2,32)19-23-25(27(31)28-18-17-20-11-5-3-6-12-20)22-15-9-10-16-24(22)29-26(23)21-13-7-4-8-14-21/h3-16H,17-19H2,1-2H3,(H,28,31). The van der Waals surface area contributed by atoms with Gasteiger partial charge in [-0.25, -0.2) is 4.98 Å².